The fourth-order valence-electron chi connectivity index (χ4n) is 1.04. The number of carbonyl (C=O) groups is 1. The van der Waals surface area contributed by atoms with E-state index >= 15 is 0 Å². The van der Waals surface area contributed by atoms with Crippen LogP contribution in [-0.2, 0) is 15.0 Å². The first-order valence-corrected chi connectivity index (χ1v) is 6.13. The van der Waals surface area contributed by atoms with Crippen molar-refractivity contribution in [3.63, 3.8) is 0 Å². The molecule has 17 heavy (non-hydrogen) atoms. The SMILES string of the molecule is CNS(=O)(=O)Nc1ccc(/C=C/C(=O)O)cc1. The van der Waals surface area contributed by atoms with Gasteiger partial charge >= 0.3 is 5.97 Å². The van der Waals surface area contributed by atoms with Crippen molar-refractivity contribution in [2.75, 3.05) is 11.8 Å². The van der Waals surface area contributed by atoms with E-state index in [9.17, 15) is 13.2 Å². The van der Waals surface area contributed by atoms with Crippen LogP contribution in [0.5, 0.6) is 0 Å². The third-order valence-corrected chi connectivity index (χ3v) is 2.89. The van der Waals surface area contributed by atoms with Gasteiger partial charge in [0.05, 0.1) is 0 Å². The lowest BCUT2D eigenvalue weighted by atomic mass is 10.2. The van der Waals surface area contributed by atoms with Crippen molar-refractivity contribution in [3.05, 3.63) is 35.9 Å². The van der Waals surface area contributed by atoms with Crippen LogP contribution in [0.4, 0.5) is 5.69 Å². The molecule has 92 valence electrons. The third-order valence-electron chi connectivity index (χ3n) is 1.85. The zero-order valence-electron chi connectivity index (χ0n) is 9.04. The minimum Gasteiger partial charge on any atom is -0.478 e. The summed E-state index contributed by atoms with van der Waals surface area (Å²) < 4.78 is 26.7. The minimum absolute atomic E-state index is 0.395. The van der Waals surface area contributed by atoms with Gasteiger partial charge in [-0.1, -0.05) is 12.1 Å². The fraction of sp³-hybridized carbons (Fsp3) is 0.100. The predicted octanol–water partition coefficient (Wildman–Crippen LogP) is 0.660. The molecule has 0 spiro atoms. The highest BCUT2D eigenvalue weighted by atomic mass is 32.2. The van der Waals surface area contributed by atoms with Crippen molar-refractivity contribution in [3.8, 4) is 0 Å². The van der Waals surface area contributed by atoms with Crippen LogP contribution in [-0.4, -0.2) is 26.5 Å². The summed E-state index contributed by atoms with van der Waals surface area (Å²) in [5, 5.41) is 8.43. The van der Waals surface area contributed by atoms with Gasteiger partial charge in [0.15, 0.2) is 0 Å². The Morgan fingerprint density at radius 2 is 1.88 bits per heavy atom. The van der Waals surface area contributed by atoms with Crippen LogP contribution in [0.3, 0.4) is 0 Å². The number of nitrogens with one attached hydrogen (secondary N) is 2. The van der Waals surface area contributed by atoms with Gasteiger partial charge < -0.3 is 5.11 Å². The third kappa shape index (κ3) is 4.66. The Hall–Kier alpha value is -1.86. The number of hydrogen-bond acceptors (Lipinski definition) is 3. The first-order valence-electron chi connectivity index (χ1n) is 4.65. The van der Waals surface area contributed by atoms with Gasteiger partial charge in [-0.25, -0.2) is 9.52 Å². The second-order valence-corrected chi connectivity index (χ2v) is 4.72. The Morgan fingerprint density at radius 3 is 2.35 bits per heavy atom. The van der Waals surface area contributed by atoms with Crippen LogP contribution in [0.1, 0.15) is 5.56 Å². The molecule has 1 aromatic carbocycles. The van der Waals surface area contributed by atoms with Crippen molar-refractivity contribution in [1.29, 1.82) is 0 Å². The summed E-state index contributed by atoms with van der Waals surface area (Å²) in [6, 6.07) is 6.28. The smallest absolute Gasteiger partial charge is 0.328 e. The molecular weight excluding hydrogens is 244 g/mol. The average Bonchev–Trinajstić information content (AvgIpc) is 2.28. The Morgan fingerprint density at radius 1 is 1.29 bits per heavy atom. The number of carboxylic acids is 1. The Balaban J connectivity index is 2.78. The van der Waals surface area contributed by atoms with Gasteiger partial charge in [0, 0.05) is 18.8 Å². The van der Waals surface area contributed by atoms with E-state index in [0.29, 0.717) is 11.3 Å². The van der Waals surface area contributed by atoms with E-state index < -0.39 is 16.2 Å². The quantitative estimate of drug-likeness (QED) is 0.674. The number of rotatable bonds is 5. The first-order chi connectivity index (χ1) is 7.93. The van der Waals surface area contributed by atoms with Crippen LogP contribution in [0, 0.1) is 0 Å². The molecule has 0 amide bonds. The number of aliphatic carboxylic acids is 1. The lowest BCUT2D eigenvalue weighted by Gasteiger charge is -2.06. The highest BCUT2D eigenvalue weighted by molar-refractivity contribution is 7.90. The molecule has 0 unspecified atom stereocenters. The van der Waals surface area contributed by atoms with Crippen LogP contribution in [0.15, 0.2) is 30.3 Å². The molecule has 6 nitrogen and oxygen atoms in total. The van der Waals surface area contributed by atoms with Gasteiger partial charge in [-0.2, -0.15) is 8.42 Å². The topological polar surface area (TPSA) is 95.5 Å². The van der Waals surface area contributed by atoms with Crippen molar-refractivity contribution in [2.45, 2.75) is 0 Å². The van der Waals surface area contributed by atoms with E-state index in [0.717, 1.165) is 6.08 Å². The molecule has 0 aliphatic rings. The molecule has 0 aromatic heterocycles. The Labute approximate surface area is 99.2 Å². The molecule has 0 heterocycles. The summed E-state index contributed by atoms with van der Waals surface area (Å²) in [6.07, 6.45) is 2.42. The molecule has 3 N–H and O–H groups in total. The molecule has 0 radical (unpaired) electrons. The molecule has 0 bridgehead atoms. The highest BCUT2D eigenvalue weighted by Crippen LogP contribution is 2.11. The van der Waals surface area contributed by atoms with Gasteiger partial charge in [0.1, 0.15) is 0 Å². The van der Waals surface area contributed by atoms with E-state index in [1.54, 1.807) is 12.1 Å². The van der Waals surface area contributed by atoms with Gasteiger partial charge in [0.2, 0.25) is 0 Å². The molecule has 0 atom stereocenters. The molecule has 0 saturated heterocycles. The number of carboxylic acid groups (broad SMARTS) is 1. The zero-order valence-corrected chi connectivity index (χ0v) is 9.86. The number of benzene rings is 1. The monoisotopic (exact) mass is 256 g/mol. The lowest BCUT2D eigenvalue weighted by molar-refractivity contribution is -0.131. The summed E-state index contributed by atoms with van der Waals surface area (Å²) in [4.78, 5) is 10.3. The Kier molecular flexibility index (Phi) is 4.24. The van der Waals surface area contributed by atoms with Crippen LogP contribution >= 0.6 is 0 Å². The van der Waals surface area contributed by atoms with Gasteiger partial charge in [-0.15, -0.1) is 0 Å². The normalized spacial score (nSPS) is 11.6. The number of anilines is 1. The molecule has 7 heteroatoms. The van der Waals surface area contributed by atoms with Crippen molar-refractivity contribution < 1.29 is 18.3 Å². The minimum atomic E-state index is -3.52. The van der Waals surface area contributed by atoms with Crippen molar-refractivity contribution in [2.24, 2.45) is 0 Å². The molecule has 1 rings (SSSR count). The summed E-state index contributed by atoms with van der Waals surface area (Å²) >= 11 is 0. The maximum atomic E-state index is 11.2. The van der Waals surface area contributed by atoms with E-state index in [-0.39, 0.29) is 0 Å². The molecule has 0 aliphatic heterocycles. The first kappa shape index (κ1) is 13.2. The molecular formula is C10H12N2O4S. The van der Waals surface area contributed by atoms with E-state index in [4.69, 9.17) is 5.11 Å². The summed E-state index contributed by atoms with van der Waals surface area (Å²) in [7, 11) is -2.23. The molecule has 0 aliphatic carbocycles. The second kappa shape index (κ2) is 5.46. The highest BCUT2D eigenvalue weighted by Gasteiger charge is 2.04. The van der Waals surface area contributed by atoms with Crippen LogP contribution < -0.4 is 9.44 Å². The molecule has 0 fully saturated rings. The van der Waals surface area contributed by atoms with Crippen LogP contribution in [0.2, 0.25) is 0 Å². The predicted molar refractivity (Wildman–Crippen MR) is 64.7 cm³/mol. The zero-order chi connectivity index (χ0) is 12.9. The van der Waals surface area contributed by atoms with E-state index in [1.807, 2.05) is 0 Å². The summed E-state index contributed by atoms with van der Waals surface area (Å²) in [5.41, 5.74) is 1.06. The average molecular weight is 256 g/mol. The number of hydrogen-bond donors (Lipinski definition) is 3. The Bertz CT molecular complexity index is 520. The fourth-order valence-corrected chi connectivity index (χ4v) is 1.58. The summed E-state index contributed by atoms with van der Waals surface area (Å²) in [6.45, 7) is 0. The van der Waals surface area contributed by atoms with Gasteiger partial charge in [-0.3, -0.25) is 4.72 Å². The largest absolute Gasteiger partial charge is 0.478 e. The van der Waals surface area contributed by atoms with Gasteiger partial charge in [0.25, 0.3) is 10.2 Å². The lowest BCUT2D eigenvalue weighted by Crippen LogP contribution is -2.26. The maximum absolute atomic E-state index is 11.2. The van der Waals surface area contributed by atoms with Gasteiger partial charge in [-0.05, 0) is 23.8 Å². The molecule has 1 aromatic rings. The standard InChI is InChI=1S/C10H12N2O4S/c1-11-17(15,16)12-9-5-2-8(3-6-9)4-7-10(13)14/h2-7,11-12H,1H3,(H,13,14)/b7-4+. The van der Waals surface area contributed by atoms with Crippen LogP contribution in [0.25, 0.3) is 6.08 Å². The maximum Gasteiger partial charge on any atom is 0.328 e. The van der Waals surface area contributed by atoms with Crippen molar-refractivity contribution >= 4 is 27.9 Å². The van der Waals surface area contributed by atoms with E-state index in [2.05, 4.69) is 9.44 Å². The molecule has 0 saturated carbocycles. The van der Waals surface area contributed by atoms with Crippen molar-refractivity contribution in [1.82, 2.24) is 4.72 Å². The van der Waals surface area contributed by atoms with E-state index in [1.165, 1.54) is 25.3 Å². The second-order valence-electron chi connectivity index (χ2n) is 3.10. The summed E-state index contributed by atoms with van der Waals surface area (Å²) in [5.74, 6) is -1.04.